The Morgan fingerprint density at radius 3 is 2.82 bits per heavy atom. The first-order chi connectivity index (χ1) is 7.90. The van der Waals surface area contributed by atoms with E-state index in [1.807, 2.05) is 11.8 Å². The van der Waals surface area contributed by atoms with Crippen molar-refractivity contribution in [3.63, 3.8) is 0 Å². The molecule has 1 rings (SSSR count). The maximum Gasteiger partial charge on any atom is 0.338 e. The lowest BCUT2D eigenvalue weighted by Gasteiger charge is -2.35. The van der Waals surface area contributed by atoms with Gasteiger partial charge in [-0.25, -0.2) is 4.79 Å². The summed E-state index contributed by atoms with van der Waals surface area (Å²) in [5.41, 5.74) is -1.51. The molecule has 0 aromatic rings. The van der Waals surface area contributed by atoms with E-state index in [0.717, 1.165) is 6.42 Å². The van der Waals surface area contributed by atoms with Crippen LogP contribution in [0.1, 0.15) is 26.7 Å². The third-order valence-corrected chi connectivity index (χ3v) is 3.26. The molecule has 0 saturated carbocycles. The minimum Gasteiger partial charge on any atom is -0.467 e. The Hall–Kier alpha value is -0.940. The molecule has 0 aromatic carbocycles. The summed E-state index contributed by atoms with van der Waals surface area (Å²) in [6.45, 7) is 4.84. The zero-order valence-corrected chi connectivity index (χ0v) is 10.7. The Balaban J connectivity index is 2.58. The van der Waals surface area contributed by atoms with Crippen molar-refractivity contribution in [2.24, 2.45) is 5.92 Å². The summed E-state index contributed by atoms with van der Waals surface area (Å²) in [7, 11) is 1.26. The van der Waals surface area contributed by atoms with Gasteiger partial charge in [-0.3, -0.25) is 9.69 Å². The van der Waals surface area contributed by atoms with E-state index in [1.165, 1.54) is 14.0 Å². The first-order valence-corrected chi connectivity index (χ1v) is 5.96. The van der Waals surface area contributed by atoms with E-state index in [2.05, 4.69) is 4.74 Å². The fraction of sp³-hybridized carbons (Fsp3) is 0.833. The number of piperidine rings is 1. The maximum absolute atomic E-state index is 11.5. The Labute approximate surface area is 102 Å². The molecule has 5 heteroatoms. The average molecular weight is 243 g/mol. The Bertz CT molecular complexity index is 301. The van der Waals surface area contributed by atoms with Crippen LogP contribution in [0.3, 0.4) is 0 Å². The van der Waals surface area contributed by atoms with Crippen molar-refractivity contribution in [2.45, 2.75) is 32.3 Å². The first kappa shape index (κ1) is 14.1. The van der Waals surface area contributed by atoms with Gasteiger partial charge in [0.05, 0.1) is 7.11 Å². The molecule has 0 radical (unpaired) electrons. The SMILES string of the molecule is CCC1CN(CC(C)(O)C(=O)OC)CCC1=O. The van der Waals surface area contributed by atoms with Crippen molar-refractivity contribution >= 4 is 11.8 Å². The number of Topliss-reactive ketones (excluding diaryl/α,β-unsaturated/α-hetero) is 1. The molecule has 1 heterocycles. The number of rotatable bonds is 4. The minimum absolute atomic E-state index is 0.0252. The summed E-state index contributed by atoms with van der Waals surface area (Å²) in [4.78, 5) is 24.9. The number of ether oxygens (including phenoxy) is 1. The highest BCUT2D eigenvalue weighted by Gasteiger charge is 2.36. The Morgan fingerprint density at radius 2 is 2.29 bits per heavy atom. The van der Waals surface area contributed by atoms with Gasteiger partial charge in [-0.2, -0.15) is 0 Å². The molecule has 2 unspecified atom stereocenters. The van der Waals surface area contributed by atoms with E-state index in [9.17, 15) is 14.7 Å². The highest BCUT2D eigenvalue weighted by Crippen LogP contribution is 2.18. The summed E-state index contributed by atoms with van der Waals surface area (Å²) >= 11 is 0. The molecule has 0 amide bonds. The zero-order valence-electron chi connectivity index (χ0n) is 10.7. The van der Waals surface area contributed by atoms with Crippen LogP contribution in [0.15, 0.2) is 0 Å². The van der Waals surface area contributed by atoms with E-state index >= 15 is 0 Å². The molecule has 1 N–H and O–H groups in total. The van der Waals surface area contributed by atoms with Gasteiger partial charge in [0.25, 0.3) is 0 Å². The predicted molar refractivity (Wildman–Crippen MR) is 62.5 cm³/mol. The molecule has 2 atom stereocenters. The first-order valence-electron chi connectivity index (χ1n) is 5.96. The molecule has 17 heavy (non-hydrogen) atoms. The van der Waals surface area contributed by atoms with Gasteiger partial charge in [0.2, 0.25) is 0 Å². The van der Waals surface area contributed by atoms with Crippen LogP contribution in [0.5, 0.6) is 0 Å². The number of carbonyl (C=O) groups excluding carboxylic acids is 2. The highest BCUT2D eigenvalue weighted by atomic mass is 16.5. The van der Waals surface area contributed by atoms with Gasteiger partial charge in [0, 0.05) is 32.0 Å². The van der Waals surface area contributed by atoms with Crippen LogP contribution in [0.25, 0.3) is 0 Å². The van der Waals surface area contributed by atoms with Crippen molar-refractivity contribution in [1.29, 1.82) is 0 Å². The fourth-order valence-corrected chi connectivity index (χ4v) is 2.20. The number of hydrogen-bond acceptors (Lipinski definition) is 5. The second kappa shape index (κ2) is 5.60. The molecule has 1 aliphatic rings. The molecule has 0 spiro atoms. The van der Waals surface area contributed by atoms with Crippen molar-refractivity contribution in [3.8, 4) is 0 Å². The van der Waals surface area contributed by atoms with Crippen molar-refractivity contribution in [3.05, 3.63) is 0 Å². The van der Waals surface area contributed by atoms with Crippen molar-refractivity contribution < 1.29 is 19.4 Å². The lowest BCUT2D eigenvalue weighted by molar-refractivity contribution is -0.162. The number of carbonyl (C=O) groups is 2. The number of ketones is 1. The molecule has 1 aliphatic heterocycles. The van der Waals surface area contributed by atoms with E-state index in [4.69, 9.17) is 0 Å². The van der Waals surface area contributed by atoms with Gasteiger partial charge in [0.15, 0.2) is 5.60 Å². The number of hydrogen-bond donors (Lipinski definition) is 1. The minimum atomic E-state index is -1.51. The van der Waals surface area contributed by atoms with Crippen LogP contribution >= 0.6 is 0 Å². The summed E-state index contributed by atoms with van der Waals surface area (Å²) in [5, 5.41) is 9.96. The molecule has 98 valence electrons. The van der Waals surface area contributed by atoms with Crippen LogP contribution in [0.4, 0.5) is 0 Å². The van der Waals surface area contributed by atoms with E-state index < -0.39 is 11.6 Å². The van der Waals surface area contributed by atoms with Gasteiger partial charge >= 0.3 is 5.97 Å². The third-order valence-electron chi connectivity index (χ3n) is 3.26. The number of likely N-dealkylation sites (tertiary alicyclic amines) is 1. The molecular formula is C12H21NO4. The van der Waals surface area contributed by atoms with Crippen LogP contribution in [-0.4, -0.2) is 54.1 Å². The molecule has 0 aromatic heterocycles. The van der Waals surface area contributed by atoms with Crippen molar-refractivity contribution in [2.75, 3.05) is 26.7 Å². The quantitative estimate of drug-likeness (QED) is 0.715. The smallest absolute Gasteiger partial charge is 0.338 e. The lowest BCUT2D eigenvalue weighted by atomic mass is 9.93. The monoisotopic (exact) mass is 243 g/mol. The summed E-state index contributed by atoms with van der Waals surface area (Å²) in [6, 6.07) is 0. The molecular weight excluding hydrogens is 222 g/mol. The predicted octanol–water partition coefficient (Wildman–Crippen LogP) is 0.211. The third kappa shape index (κ3) is 3.51. The standard InChI is InChI=1S/C12H21NO4/c1-4-9-7-13(6-5-10(9)14)8-12(2,16)11(15)17-3/h9,16H,4-8H2,1-3H3. The van der Waals surface area contributed by atoms with Gasteiger partial charge < -0.3 is 9.84 Å². The Morgan fingerprint density at radius 1 is 1.65 bits per heavy atom. The summed E-state index contributed by atoms with van der Waals surface area (Å²) in [5.74, 6) is -0.332. The maximum atomic E-state index is 11.5. The van der Waals surface area contributed by atoms with Gasteiger partial charge in [-0.1, -0.05) is 6.92 Å². The zero-order chi connectivity index (χ0) is 13.1. The highest BCUT2D eigenvalue weighted by molar-refractivity contribution is 5.82. The molecule has 1 fully saturated rings. The van der Waals surface area contributed by atoms with Crippen LogP contribution in [-0.2, 0) is 14.3 Å². The number of esters is 1. The van der Waals surface area contributed by atoms with E-state index in [-0.39, 0.29) is 18.2 Å². The van der Waals surface area contributed by atoms with Crippen LogP contribution < -0.4 is 0 Å². The van der Waals surface area contributed by atoms with Gasteiger partial charge in [0.1, 0.15) is 5.78 Å². The molecule has 5 nitrogen and oxygen atoms in total. The van der Waals surface area contributed by atoms with Crippen LogP contribution in [0, 0.1) is 5.92 Å². The number of methoxy groups -OCH3 is 1. The van der Waals surface area contributed by atoms with Gasteiger partial charge in [-0.15, -0.1) is 0 Å². The number of β-amino-alcohol motifs (C(OH)–C–C–N with tert-alkyl or cyclic N) is 1. The van der Waals surface area contributed by atoms with Crippen molar-refractivity contribution in [1.82, 2.24) is 4.90 Å². The second-order valence-corrected chi connectivity index (χ2v) is 4.82. The largest absolute Gasteiger partial charge is 0.467 e. The molecule has 1 saturated heterocycles. The summed E-state index contributed by atoms with van der Waals surface area (Å²) < 4.78 is 4.55. The lowest BCUT2D eigenvalue weighted by Crippen LogP contribution is -2.51. The van der Waals surface area contributed by atoms with E-state index in [1.54, 1.807) is 0 Å². The second-order valence-electron chi connectivity index (χ2n) is 4.82. The number of nitrogens with zero attached hydrogens (tertiary/aromatic N) is 1. The number of aliphatic hydroxyl groups is 1. The Kier molecular flexibility index (Phi) is 4.65. The fourth-order valence-electron chi connectivity index (χ4n) is 2.20. The average Bonchev–Trinajstić information content (AvgIpc) is 2.30. The van der Waals surface area contributed by atoms with Gasteiger partial charge in [-0.05, 0) is 13.3 Å². The van der Waals surface area contributed by atoms with E-state index in [0.29, 0.717) is 19.5 Å². The molecule has 0 bridgehead atoms. The van der Waals surface area contributed by atoms with Crippen LogP contribution in [0.2, 0.25) is 0 Å². The topological polar surface area (TPSA) is 66.8 Å². The normalized spacial score (nSPS) is 25.4. The summed E-state index contributed by atoms with van der Waals surface area (Å²) in [6.07, 6.45) is 1.30. The molecule has 0 aliphatic carbocycles.